The number of hydrogen-bond acceptors (Lipinski definition) is 4. The molecule has 1 atom stereocenters. The molecule has 1 aliphatic rings. The molecule has 1 saturated heterocycles. The number of hydrogen-bond donors (Lipinski definition) is 1. The largest absolute Gasteiger partial charge is 0.493 e. The van der Waals surface area contributed by atoms with Crippen LogP contribution in [0.4, 0.5) is 14.5 Å². The number of benzene rings is 2. The van der Waals surface area contributed by atoms with Gasteiger partial charge in [-0.2, -0.15) is 0 Å². The van der Waals surface area contributed by atoms with Gasteiger partial charge >= 0.3 is 0 Å². The fourth-order valence-corrected chi connectivity index (χ4v) is 3.59. The van der Waals surface area contributed by atoms with E-state index in [1.54, 1.807) is 31.4 Å². The molecule has 31 heavy (non-hydrogen) atoms. The van der Waals surface area contributed by atoms with Crippen LogP contribution in [0, 0.1) is 23.5 Å². The number of amides is 1. The van der Waals surface area contributed by atoms with E-state index in [9.17, 15) is 13.6 Å². The molecule has 1 fully saturated rings. The van der Waals surface area contributed by atoms with Crippen molar-refractivity contribution in [2.75, 3.05) is 38.3 Å². The zero-order valence-electron chi connectivity index (χ0n) is 18.3. The molecule has 2 aromatic rings. The predicted octanol–water partition coefficient (Wildman–Crippen LogP) is 4.65. The van der Waals surface area contributed by atoms with Gasteiger partial charge in [-0.1, -0.05) is 13.8 Å². The van der Waals surface area contributed by atoms with Crippen LogP contribution in [0.2, 0.25) is 0 Å². The van der Waals surface area contributed by atoms with E-state index in [4.69, 9.17) is 9.47 Å². The van der Waals surface area contributed by atoms with Crippen molar-refractivity contribution in [1.82, 2.24) is 5.32 Å². The van der Waals surface area contributed by atoms with E-state index in [-0.39, 0.29) is 11.8 Å². The molecule has 7 heteroatoms. The molecule has 1 unspecified atom stereocenters. The summed E-state index contributed by atoms with van der Waals surface area (Å²) < 4.78 is 37.8. The highest BCUT2D eigenvalue weighted by Gasteiger charge is 2.24. The maximum absolute atomic E-state index is 13.5. The van der Waals surface area contributed by atoms with E-state index in [0.717, 1.165) is 25.5 Å². The lowest BCUT2D eigenvalue weighted by Crippen LogP contribution is -2.31. The first-order valence-electron chi connectivity index (χ1n) is 10.7. The Hall–Kier alpha value is -2.83. The van der Waals surface area contributed by atoms with E-state index < -0.39 is 11.6 Å². The van der Waals surface area contributed by atoms with Crippen LogP contribution in [-0.2, 0) is 0 Å². The van der Waals surface area contributed by atoms with Gasteiger partial charge in [0.05, 0.1) is 13.7 Å². The second-order valence-corrected chi connectivity index (χ2v) is 8.31. The van der Waals surface area contributed by atoms with Crippen LogP contribution in [0.5, 0.6) is 11.5 Å². The maximum atomic E-state index is 13.5. The molecular weight excluding hydrogens is 402 g/mol. The Labute approximate surface area is 182 Å². The number of halogens is 2. The van der Waals surface area contributed by atoms with Crippen LogP contribution < -0.4 is 19.7 Å². The van der Waals surface area contributed by atoms with Crippen molar-refractivity contribution in [3.63, 3.8) is 0 Å². The molecule has 1 N–H and O–H groups in total. The van der Waals surface area contributed by atoms with Crippen LogP contribution in [-0.4, -0.2) is 39.3 Å². The SMILES string of the molecule is COc1cc(C(=O)NCC2CCN(c3ccc(F)c(F)c3)C2)ccc1OCCC(C)C. The third-order valence-corrected chi connectivity index (χ3v) is 5.48. The van der Waals surface area contributed by atoms with Crippen molar-refractivity contribution in [1.29, 1.82) is 0 Å². The standard InChI is InChI=1S/C24H30F2N2O3/c1-16(2)9-11-31-22-7-4-18(12-23(22)30-3)24(29)27-14-17-8-10-28(15-17)19-5-6-20(25)21(26)13-19/h4-7,12-13,16-17H,8-11,14-15H2,1-3H3,(H,27,29). The third kappa shape index (κ3) is 6.09. The zero-order valence-corrected chi connectivity index (χ0v) is 18.3. The van der Waals surface area contributed by atoms with E-state index in [1.165, 1.54) is 6.07 Å². The van der Waals surface area contributed by atoms with E-state index >= 15 is 0 Å². The van der Waals surface area contributed by atoms with Gasteiger partial charge in [0.1, 0.15) is 0 Å². The molecule has 1 aliphatic heterocycles. The molecule has 0 aliphatic carbocycles. The Morgan fingerprint density at radius 2 is 1.97 bits per heavy atom. The lowest BCUT2D eigenvalue weighted by molar-refractivity contribution is 0.0948. The number of nitrogens with zero attached hydrogens (tertiary/aromatic N) is 1. The van der Waals surface area contributed by atoms with Crippen LogP contribution in [0.15, 0.2) is 36.4 Å². The average molecular weight is 433 g/mol. The highest BCUT2D eigenvalue weighted by Crippen LogP contribution is 2.29. The molecule has 3 rings (SSSR count). The molecule has 0 spiro atoms. The summed E-state index contributed by atoms with van der Waals surface area (Å²) in [6.45, 7) is 6.79. The lowest BCUT2D eigenvalue weighted by atomic mass is 10.1. The van der Waals surface area contributed by atoms with Crippen molar-refractivity contribution in [3.05, 3.63) is 53.6 Å². The molecule has 5 nitrogen and oxygen atoms in total. The summed E-state index contributed by atoms with van der Waals surface area (Å²) in [4.78, 5) is 14.6. The van der Waals surface area contributed by atoms with Crippen LogP contribution >= 0.6 is 0 Å². The van der Waals surface area contributed by atoms with Crippen molar-refractivity contribution >= 4 is 11.6 Å². The second-order valence-electron chi connectivity index (χ2n) is 8.31. The predicted molar refractivity (Wildman–Crippen MR) is 117 cm³/mol. The number of ether oxygens (including phenoxy) is 2. The molecule has 0 saturated carbocycles. The quantitative estimate of drug-likeness (QED) is 0.627. The second kappa shape index (κ2) is 10.5. The summed E-state index contributed by atoms with van der Waals surface area (Å²) in [7, 11) is 1.55. The highest BCUT2D eigenvalue weighted by atomic mass is 19.2. The number of methoxy groups -OCH3 is 1. The lowest BCUT2D eigenvalue weighted by Gasteiger charge is -2.19. The first-order valence-corrected chi connectivity index (χ1v) is 10.7. The number of carbonyl (C=O) groups excluding carboxylic acids is 1. The number of rotatable bonds is 9. The summed E-state index contributed by atoms with van der Waals surface area (Å²) in [5.41, 5.74) is 1.16. The van der Waals surface area contributed by atoms with E-state index in [0.29, 0.717) is 48.4 Å². The van der Waals surface area contributed by atoms with Gasteiger partial charge in [-0.15, -0.1) is 0 Å². The average Bonchev–Trinajstić information content (AvgIpc) is 3.23. The van der Waals surface area contributed by atoms with Crippen LogP contribution in [0.25, 0.3) is 0 Å². The summed E-state index contributed by atoms with van der Waals surface area (Å²) >= 11 is 0. The van der Waals surface area contributed by atoms with Gasteiger partial charge in [0.2, 0.25) is 0 Å². The Morgan fingerprint density at radius 3 is 2.68 bits per heavy atom. The van der Waals surface area contributed by atoms with Gasteiger partial charge < -0.3 is 19.7 Å². The molecule has 1 heterocycles. The minimum atomic E-state index is -0.849. The Bertz CT molecular complexity index is 904. The summed E-state index contributed by atoms with van der Waals surface area (Å²) in [6.07, 6.45) is 1.81. The summed E-state index contributed by atoms with van der Waals surface area (Å²) in [6, 6.07) is 9.11. The number of nitrogens with one attached hydrogen (secondary N) is 1. The molecule has 0 radical (unpaired) electrons. The van der Waals surface area contributed by atoms with Crippen molar-refractivity contribution < 1.29 is 23.0 Å². The highest BCUT2D eigenvalue weighted by molar-refractivity contribution is 5.94. The minimum absolute atomic E-state index is 0.182. The van der Waals surface area contributed by atoms with Crippen LogP contribution in [0.1, 0.15) is 37.0 Å². The normalized spacial score (nSPS) is 15.9. The fraction of sp³-hybridized carbons (Fsp3) is 0.458. The molecule has 168 valence electrons. The van der Waals surface area contributed by atoms with E-state index in [2.05, 4.69) is 19.2 Å². The first-order chi connectivity index (χ1) is 14.9. The smallest absolute Gasteiger partial charge is 0.251 e. The van der Waals surface area contributed by atoms with Gasteiger partial charge in [-0.05, 0) is 55.0 Å². The maximum Gasteiger partial charge on any atom is 0.251 e. The minimum Gasteiger partial charge on any atom is -0.493 e. The fourth-order valence-electron chi connectivity index (χ4n) is 3.59. The third-order valence-electron chi connectivity index (χ3n) is 5.48. The van der Waals surface area contributed by atoms with Crippen LogP contribution in [0.3, 0.4) is 0 Å². The molecular formula is C24H30F2N2O3. The van der Waals surface area contributed by atoms with Gasteiger partial charge in [0.25, 0.3) is 5.91 Å². The molecule has 0 aromatic heterocycles. The Morgan fingerprint density at radius 1 is 1.16 bits per heavy atom. The number of anilines is 1. The Balaban J connectivity index is 1.53. The van der Waals surface area contributed by atoms with Gasteiger partial charge in [0.15, 0.2) is 23.1 Å². The molecule has 1 amide bonds. The van der Waals surface area contributed by atoms with E-state index in [1.807, 2.05) is 4.90 Å². The summed E-state index contributed by atoms with van der Waals surface area (Å²) in [5.74, 6) is 0.0540. The topological polar surface area (TPSA) is 50.8 Å². The van der Waals surface area contributed by atoms with Gasteiger partial charge in [-0.3, -0.25) is 4.79 Å². The van der Waals surface area contributed by atoms with Crippen molar-refractivity contribution in [3.8, 4) is 11.5 Å². The first kappa shape index (κ1) is 22.8. The monoisotopic (exact) mass is 432 g/mol. The van der Waals surface area contributed by atoms with Crippen molar-refractivity contribution in [2.24, 2.45) is 11.8 Å². The Kier molecular flexibility index (Phi) is 7.71. The molecule has 0 bridgehead atoms. The molecule has 2 aromatic carbocycles. The van der Waals surface area contributed by atoms with Gasteiger partial charge in [-0.25, -0.2) is 8.78 Å². The van der Waals surface area contributed by atoms with Gasteiger partial charge in [0, 0.05) is 37.0 Å². The summed E-state index contributed by atoms with van der Waals surface area (Å²) in [5, 5.41) is 2.97. The zero-order chi connectivity index (χ0) is 22.4. The number of carbonyl (C=O) groups is 1. The van der Waals surface area contributed by atoms with Crippen molar-refractivity contribution in [2.45, 2.75) is 26.7 Å².